The first-order valence-electron chi connectivity index (χ1n) is 5.91. The molecule has 1 aliphatic heterocycles. The molecule has 0 aromatic rings. The van der Waals surface area contributed by atoms with Crippen LogP contribution in [0.15, 0.2) is 0 Å². The molecule has 7 nitrogen and oxygen atoms in total. The van der Waals surface area contributed by atoms with Gasteiger partial charge in [0, 0.05) is 11.8 Å². The van der Waals surface area contributed by atoms with Crippen molar-refractivity contribution in [1.29, 1.82) is 0 Å². The fraction of sp³-hybridized carbons (Fsp3) is 0.667. The zero-order valence-corrected chi connectivity index (χ0v) is 11.0. The van der Waals surface area contributed by atoms with Crippen molar-refractivity contribution < 1.29 is 29.4 Å². The highest BCUT2D eigenvalue weighted by Gasteiger charge is 2.61. The number of hydrogen-bond donors (Lipinski definition) is 3. The fourth-order valence-electron chi connectivity index (χ4n) is 1.80. The number of ketones is 2. The van der Waals surface area contributed by atoms with E-state index in [2.05, 4.69) is 5.32 Å². The van der Waals surface area contributed by atoms with Crippen molar-refractivity contribution in [2.24, 2.45) is 5.41 Å². The number of hydrogen-bond acceptors (Lipinski definition) is 5. The third-order valence-corrected chi connectivity index (χ3v) is 3.69. The summed E-state index contributed by atoms with van der Waals surface area (Å²) in [5, 5.41) is 20.0. The Hall–Kier alpha value is -1.76. The van der Waals surface area contributed by atoms with Crippen LogP contribution in [0.4, 0.5) is 0 Å². The van der Waals surface area contributed by atoms with Crippen LogP contribution in [-0.4, -0.2) is 45.3 Å². The van der Waals surface area contributed by atoms with Crippen molar-refractivity contribution in [2.75, 3.05) is 0 Å². The van der Waals surface area contributed by atoms with E-state index in [1.807, 2.05) is 0 Å². The Morgan fingerprint density at radius 3 is 2.05 bits per heavy atom. The Kier molecular flexibility index (Phi) is 3.81. The molecule has 1 saturated heterocycles. The van der Waals surface area contributed by atoms with E-state index >= 15 is 0 Å². The monoisotopic (exact) mass is 271 g/mol. The lowest BCUT2D eigenvalue weighted by Gasteiger charge is -2.42. The van der Waals surface area contributed by atoms with E-state index in [9.17, 15) is 19.2 Å². The maximum atomic E-state index is 12.1. The van der Waals surface area contributed by atoms with E-state index in [1.54, 1.807) is 20.8 Å². The molecule has 0 bridgehead atoms. The van der Waals surface area contributed by atoms with Gasteiger partial charge in [-0.3, -0.25) is 19.7 Å². The summed E-state index contributed by atoms with van der Waals surface area (Å²) in [6.07, 6.45) is -0.0301. The third kappa shape index (κ3) is 2.37. The maximum Gasteiger partial charge on any atom is 0.332 e. The van der Waals surface area contributed by atoms with Gasteiger partial charge in [0.15, 0.2) is 5.54 Å². The van der Waals surface area contributed by atoms with Gasteiger partial charge in [-0.05, 0) is 6.42 Å². The molecule has 2 unspecified atom stereocenters. The minimum atomic E-state index is -2.09. The van der Waals surface area contributed by atoms with Crippen molar-refractivity contribution in [1.82, 2.24) is 5.32 Å². The van der Waals surface area contributed by atoms with Crippen LogP contribution in [0.1, 0.15) is 33.6 Å². The highest BCUT2D eigenvalue weighted by molar-refractivity contribution is 6.46. The number of carboxylic acid groups (broad SMARTS) is 2. The molecule has 2 atom stereocenters. The molecule has 19 heavy (non-hydrogen) atoms. The largest absolute Gasteiger partial charge is 0.480 e. The molecule has 0 saturated carbocycles. The highest BCUT2D eigenvalue weighted by Crippen LogP contribution is 2.31. The first-order chi connectivity index (χ1) is 8.58. The Morgan fingerprint density at radius 1 is 1.26 bits per heavy atom. The minimum absolute atomic E-state index is 0.385. The highest BCUT2D eigenvalue weighted by atomic mass is 16.4. The molecule has 0 amide bonds. The zero-order valence-electron chi connectivity index (χ0n) is 11.0. The topological polar surface area (TPSA) is 121 Å². The van der Waals surface area contributed by atoms with E-state index in [4.69, 9.17) is 10.2 Å². The molecule has 0 aromatic heterocycles. The summed E-state index contributed by atoms with van der Waals surface area (Å²) in [6, 6.07) is -1.11. The number of nitrogens with one attached hydrogen (secondary N) is 1. The van der Waals surface area contributed by atoms with Gasteiger partial charge in [-0.1, -0.05) is 20.8 Å². The normalized spacial score (nSPS) is 26.4. The van der Waals surface area contributed by atoms with Gasteiger partial charge in [0.2, 0.25) is 11.6 Å². The van der Waals surface area contributed by atoms with Crippen molar-refractivity contribution in [3.8, 4) is 0 Å². The number of aliphatic carboxylic acids is 2. The number of Topliss-reactive ketones (excluding diaryl/α,β-unsaturated/α-hetero) is 2. The summed E-state index contributed by atoms with van der Waals surface area (Å²) in [5.41, 5.74) is -3.05. The predicted molar refractivity (Wildman–Crippen MR) is 63.6 cm³/mol. The van der Waals surface area contributed by atoms with Crippen LogP contribution >= 0.6 is 0 Å². The van der Waals surface area contributed by atoms with Crippen molar-refractivity contribution >= 4 is 23.5 Å². The lowest BCUT2D eigenvalue weighted by molar-refractivity contribution is -0.164. The molecule has 1 heterocycles. The van der Waals surface area contributed by atoms with Gasteiger partial charge >= 0.3 is 11.9 Å². The molecule has 0 aromatic carbocycles. The average Bonchev–Trinajstić information content (AvgIpc) is 2.25. The van der Waals surface area contributed by atoms with Gasteiger partial charge in [-0.2, -0.15) is 0 Å². The SMILES string of the molecule is CCC(C)(C)C(=O)C(=O)C1(C(=O)O)CC(C(=O)O)N1. The van der Waals surface area contributed by atoms with Crippen LogP contribution in [0.3, 0.4) is 0 Å². The van der Waals surface area contributed by atoms with Gasteiger partial charge in [-0.15, -0.1) is 0 Å². The summed E-state index contributed by atoms with van der Waals surface area (Å²) >= 11 is 0. The molecule has 1 fully saturated rings. The number of carboxylic acids is 2. The standard InChI is InChI=1S/C12H17NO6/c1-4-11(2,3)7(14)8(15)12(10(18)19)5-6(13-12)9(16)17/h6,13H,4-5H2,1-3H3,(H,16,17)(H,18,19). The van der Waals surface area contributed by atoms with E-state index < -0.39 is 46.9 Å². The summed E-state index contributed by atoms with van der Waals surface area (Å²) in [6.45, 7) is 4.82. The van der Waals surface area contributed by atoms with Gasteiger partial charge < -0.3 is 10.2 Å². The first-order valence-corrected chi connectivity index (χ1v) is 5.91. The second-order valence-electron chi connectivity index (χ2n) is 5.35. The molecule has 0 spiro atoms. The van der Waals surface area contributed by atoms with Crippen LogP contribution in [0, 0.1) is 5.41 Å². The van der Waals surface area contributed by atoms with E-state index in [0.29, 0.717) is 6.42 Å². The van der Waals surface area contributed by atoms with Crippen LogP contribution in [0.25, 0.3) is 0 Å². The number of carbonyl (C=O) groups excluding carboxylic acids is 2. The lowest BCUT2D eigenvalue weighted by atomic mass is 9.71. The summed E-state index contributed by atoms with van der Waals surface area (Å²) < 4.78 is 0. The Labute approximate surface area is 110 Å². The summed E-state index contributed by atoms with van der Waals surface area (Å²) in [7, 11) is 0. The van der Waals surface area contributed by atoms with Gasteiger partial charge in [0.05, 0.1) is 0 Å². The molecule has 0 radical (unpaired) electrons. The molecule has 3 N–H and O–H groups in total. The second kappa shape index (κ2) is 4.73. The number of carbonyl (C=O) groups is 4. The smallest absolute Gasteiger partial charge is 0.332 e. The van der Waals surface area contributed by atoms with Crippen LogP contribution < -0.4 is 5.32 Å². The molecular weight excluding hydrogens is 254 g/mol. The van der Waals surface area contributed by atoms with Crippen molar-refractivity contribution in [3.05, 3.63) is 0 Å². The minimum Gasteiger partial charge on any atom is -0.480 e. The van der Waals surface area contributed by atoms with Crippen LogP contribution in [0.2, 0.25) is 0 Å². The second-order valence-corrected chi connectivity index (χ2v) is 5.35. The first kappa shape index (κ1) is 15.3. The average molecular weight is 271 g/mol. The van der Waals surface area contributed by atoms with Gasteiger partial charge in [0.1, 0.15) is 6.04 Å². The van der Waals surface area contributed by atoms with Gasteiger partial charge in [0.25, 0.3) is 0 Å². The van der Waals surface area contributed by atoms with E-state index in [0.717, 1.165) is 0 Å². The fourth-order valence-corrected chi connectivity index (χ4v) is 1.80. The van der Waals surface area contributed by atoms with Gasteiger partial charge in [-0.25, -0.2) is 4.79 Å². The maximum absolute atomic E-state index is 12.1. The Bertz CT molecular complexity index is 447. The molecule has 7 heteroatoms. The molecule has 106 valence electrons. The molecule has 1 aliphatic rings. The van der Waals surface area contributed by atoms with E-state index in [-0.39, 0.29) is 0 Å². The van der Waals surface area contributed by atoms with E-state index in [1.165, 1.54) is 0 Å². The summed E-state index contributed by atoms with van der Waals surface area (Å²) in [5.74, 6) is -4.64. The van der Waals surface area contributed by atoms with Crippen LogP contribution in [0.5, 0.6) is 0 Å². The Morgan fingerprint density at radius 2 is 1.74 bits per heavy atom. The zero-order chi connectivity index (χ0) is 15.0. The molecule has 0 aliphatic carbocycles. The van der Waals surface area contributed by atoms with Crippen molar-refractivity contribution in [2.45, 2.75) is 45.2 Å². The summed E-state index contributed by atoms with van der Waals surface area (Å²) in [4.78, 5) is 46.0. The number of rotatable bonds is 6. The Balaban J connectivity index is 2.99. The quantitative estimate of drug-likeness (QED) is 0.453. The predicted octanol–water partition coefficient (Wildman–Crippen LogP) is -0.169. The van der Waals surface area contributed by atoms with Crippen molar-refractivity contribution in [3.63, 3.8) is 0 Å². The third-order valence-electron chi connectivity index (χ3n) is 3.69. The molecular formula is C12H17NO6. The molecule has 1 rings (SSSR count). The lowest BCUT2D eigenvalue weighted by Crippen LogP contribution is -2.75. The van der Waals surface area contributed by atoms with Crippen LogP contribution in [-0.2, 0) is 19.2 Å².